The zero-order chi connectivity index (χ0) is 22.5. The number of nitrogens with one attached hydrogen (secondary N) is 2. The van der Waals surface area contributed by atoms with Crippen molar-refractivity contribution in [1.29, 1.82) is 0 Å². The Morgan fingerprint density at radius 2 is 2.03 bits per heavy atom. The molecule has 0 aromatic carbocycles. The number of hydrogen-bond donors (Lipinski definition) is 2. The van der Waals surface area contributed by atoms with Crippen LogP contribution in [0.1, 0.15) is 51.7 Å². The Morgan fingerprint density at radius 3 is 2.74 bits per heavy atom. The van der Waals surface area contributed by atoms with Gasteiger partial charge in [0.2, 0.25) is 0 Å². The fraction of sp³-hybridized carbons (Fsp3) is 0.619. The number of aromatic nitrogens is 4. The number of carbonyl (C=O) groups is 1. The van der Waals surface area contributed by atoms with Crippen LogP contribution >= 0.6 is 0 Å². The van der Waals surface area contributed by atoms with E-state index in [9.17, 15) is 9.18 Å². The van der Waals surface area contributed by atoms with Crippen LogP contribution in [0, 0.1) is 5.82 Å². The minimum atomic E-state index is -0.557. The lowest BCUT2D eigenvalue weighted by Gasteiger charge is -2.42. The summed E-state index contributed by atoms with van der Waals surface area (Å²) in [7, 11) is 2.07. The number of rotatable bonds is 3. The zero-order valence-electron chi connectivity index (χ0n) is 19.0. The number of anilines is 2. The molecule has 2 N–H and O–H groups in total. The van der Waals surface area contributed by atoms with E-state index in [1.165, 1.54) is 4.68 Å². The SMILES string of the molecule is CCc1ncc(F)c(Nc2nn(C(=O)N3C[C@@H](C)N(C)C[C@@H]3C)c3c2CNC3(C)C)n1. The van der Waals surface area contributed by atoms with E-state index in [1.807, 2.05) is 25.7 Å². The molecule has 2 aromatic rings. The third-order valence-corrected chi connectivity index (χ3v) is 6.35. The van der Waals surface area contributed by atoms with E-state index >= 15 is 0 Å². The second kappa shape index (κ2) is 7.83. The van der Waals surface area contributed by atoms with E-state index < -0.39 is 11.4 Å². The summed E-state index contributed by atoms with van der Waals surface area (Å²) in [6.07, 6.45) is 1.75. The van der Waals surface area contributed by atoms with Gasteiger partial charge in [-0.2, -0.15) is 4.68 Å². The topological polar surface area (TPSA) is 91.2 Å². The average Bonchev–Trinajstić information content (AvgIpc) is 3.24. The fourth-order valence-electron chi connectivity index (χ4n) is 4.35. The largest absolute Gasteiger partial charge is 0.345 e. The molecule has 0 saturated carbocycles. The monoisotopic (exact) mass is 430 g/mol. The van der Waals surface area contributed by atoms with Crippen LogP contribution in [-0.4, -0.2) is 67.8 Å². The summed E-state index contributed by atoms with van der Waals surface area (Å²) in [4.78, 5) is 26.0. The molecule has 2 atom stereocenters. The molecule has 0 unspecified atom stereocenters. The van der Waals surface area contributed by atoms with Crippen LogP contribution in [0.2, 0.25) is 0 Å². The molecule has 31 heavy (non-hydrogen) atoms. The van der Waals surface area contributed by atoms with Gasteiger partial charge in [-0.15, -0.1) is 5.10 Å². The molecule has 1 fully saturated rings. The molecule has 9 nitrogen and oxygen atoms in total. The van der Waals surface area contributed by atoms with Crippen molar-refractivity contribution in [1.82, 2.24) is 34.9 Å². The van der Waals surface area contributed by atoms with Gasteiger partial charge in [-0.3, -0.25) is 4.90 Å². The standard InChI is InChI=1S/C21H31FN8O/c1-7-16-23-9-15(22)19(25-16)26-18-14-8-24-21(4,5)17(14)30(27-18)20(31)29-11-12(2)28(6)10-13(29)3/h9,12-13,24H,7-8,10-11H2,1-6H3,(H,23,25,26,27)/t12-,13+/m1/s1. The van der Waals surface area contributed by atoms with Gasteiger partial charge in [0.15, 0.2) is 17.5 Å². The van der Waals surface area contributed by atoms with E-state index in [0.29, 0.717) is 31.2 Å². The molecular formula is C21H31FN8O. The van der Waals surface area contributed by atoms with Crippen molar-refractivity contribution in [3.63, 3.8) is 0 Å². The van der Waals surface area contributed by atoms with Crippen LogP contribution < -0.4 is 10.6 Å². The molecule has 168 valence electrons. The maximum absolute atomic E-state index is 14.4. The van der Waals surface area contributed by atoms with Gasteiger partial charge in [0.1, 0.15) is 5.82 Å². The van der Waals surface area contributed by atoms with Crippen LogP contribution in [0.15, 0.2) is 6.20 Å². The first-order valence-corrected chi connectivity index (χ1v) is 10.8. The van der Waals surface area contributed by atoms with Gasteiger partial charge in [0, 0.05) is 43.7 Å². The minimum Gasteiger partial charge on any atom is -0.321 e. The molecular weight excluding hydrogens is 399 g/mol. The third-order valence-electron chi connectivity index (χ3n) is 6.35. The molecule has 2 aliphatic heterocycles. The van der Waals surface area contributed by atoms with Gasteiger partial charge in [-0.1, -0.05) is 6.92 Å². The lowest BCUT2D eigenvalue weighted by atomic mass is 10.0. The van der Waals surface area contributed by atoms with E-state index in [-0.39, 0.29) is 23.9 Å². The summed E-state index contributed by atoms with van der Waals surface area (Å²) < 4.78 is 15.8. The summed E-state index contributed by atoms with van der Waals surface area (Å²) >= 11 is 0. The number of carbonyl (C=O) groups excluding carboxylic acids is 1. The maximum atomic E-state index is 14.4. The quantitative estimate of drug-likeness (QED) is 0.773. The highest BCUT2D eigenvalue weighted by Crippen LogP contribution is 2.36. The Balaban J connectivity index is 1.72. The van der Waals surface area contributed by atoms with Crippen LogP contribution in [0.3, 0.4) is 0 Å². The van der Waals surface area contributed by atoms with E-state index in [1.54, 1.807) is 0 Å². The van der Waals surface area contributed by atoms with Crippen LogP contribution in [0.4, 0.5) is 20.8 Å². The smallest absolute Gasteiger partial charge is 0.321 e. The van der Waals surface area contributed by atoms with Crippen LogP contribution in [-0.2, 0) is 18.5 Å². The highest BCUT2D eigenvalue weighted by molar-refractivity contribution is 5.80. The Bertz CT molecular complexity index is 1000. The van der Waals surface area contributed by atoms with Gasteiger partial charge >= 0.3 is 6.03 Å². The van der Waals surface area contributed by atoms with Gasteiger partial charge in [-0.05, 0) is 34.7 Å². The number of amides is 1. The summed E-state index contributed by atoms with van der Waals surface area (Å²) in [5.74, 6) is 0.488. The van der Waals surface area contributed by atoms with Crippen molar-refractivity contribution in [2.75, 3.05) is 25.5 Å². The minimum absolute atomic E-state index is 0.0638. The number of hydrogen-bond acceptors (Lipinski definition) is 7. The first-order chi connectivity index (χ1) is 14.6. The number of nitrogens with zero attached hydrogens (tertiary/aromatic N) is 6. The van der Waals surface area contributed by atoms with Crippen molar-refractivity contribution in [2.45, 2.75) is 65.2 Å². The first kappa shape index (κ1) is 21.6. The number of fused-ring (bicyclic) bond motifs is 1. The fourth-order valence-corrected chi connectivity index (χ4v) is 4.35. The van der Waals surface area contributed by atoms with Crippen molar-refractivity contribution >= 4 is 17.7 Å². The van der Waals surface area contributed by atoms with Crippen molar-refractivity contribution in [3.05, 3.63) is 29.1 Å². The third kappa shape index (κ3) is 3.78. The summed E-state index contributed by atoms with van der Waals surface area (Å²) in [6.45, 7) is 12.1. The highest BCUT2D eigenvalue weighted by Gasteiger charge is 2.41. The molecule has 2 aliphatic rings. The second-order valence-corrected chi connectivity index (χ2v) is 9.10. The Kier molecular flexibility index (Phi) is 5.47. The van der Waals surface area contributed by atoms with Gasteiger partial charge in [0.25, 0.3) is 0 Å². The molecule has 0 radical (unpaired) electrons. The molecule has 4 rings (SSSR count). The summed E-state index contributed by atoms with van der Waals surface area (Å²) in [5.41, 5.74) is 1.20. The summed E-state index contributed by atoms with van der Waals surface area (Å²) in [6, 6.07) is 0.162. The van der Waals surface area contributed by atoms with E-state index in [2.05, 4.69) is 51.5 Å². The number of aryl methyl sites for hydroxylation is 1. The first-order valence-electron chi connectivity index (χ1n) is 10.8. The molecule has 1 amide bonds. The highest BCUT2D eigenvalue weighted by atomic mass is 19.1. The van der Waals surface area contributed by atoms with Crippen LogP contribution in [0.25, 0.3) is 0 Å². The molecule has 10 heteroatoms. The Labute approximate surface area is 182 Å². The average molecular weight is 431 g/mol. The van der Waals surface area contributed by atoms with Crippen molar-refractivity contribution < 1.29 is 9.18 Å². The lowest BCUT2D eigenvalue weighted by Crippen LogP contribution is -2.58. The van der Waals surface area contributed by atoms with E-state index in [4.69, 9.17) is 0 Å². The predicted molar refractivity (Wildman–Crippen MR) is 116 cm³/mol. The number of likely N-dealkylation sites (N-methyl/N-ethyl adjacent to an activating group) is 1. The molecule has 0 spiro atoms. The van der Waals surface area contributed by atoms with Gasteiger partial charge in [-0.25, -0.2) is 19.2 Å². The van der Waals surface area contributed by atoms with E-state index in [0.717, 1.165) is 24.0 Å². The van der Waals surface area contributed by atoms with Crippen molar-refractivity contribution in [3.8, 4) is 0 Å². The second-order valence-electron chi connectivity index (χ2n) is 9.10. The van der Waals surface area contributed by atoms with Gasteiger partial charge < -0.3 is 15.5 Å². The van der Waals surface area contributed by atoms with Crippen LogP contribution in [0.5, 0.6) is 0 Å². The molecule has 0 aliphatic carbocycles. The molecule has 4 heterocycles. The molecule has 1 saturated heterocycles. The zero-order valence-corrected chi connectivity index (χ0v) is 19.0. The predicted octanol–water partition coefficient (Wildman–Crippen LogP) is 2.45. The Hall–Kier alpha value is -2.59. The molecule has 0 bridgehead atoms. The maximum Gasteiger partial charge on any atom is 0.345 e. The van der Waals surface area contributed by atoms with Crippen molar-refractivity contribution in [2.24, 2.45) is 0 Å². The number of halogens is 1. The Morgan fingerprint density at radius 1 is 1.29 bits per heavy atom. The van der Waals surface area contributed by atoms with Gasteiger partial charge in [0.05, 0.1) is 17.4 Å². The lowest BCUT2D eigenvalue weighted by molar-refractivity contribution is 0.0797. The normalized spacial score (nSPS) is 23.1. The number of piperazine rings is 1. The molecule has 2 aromatic heterocycles. The summed E-state index contributed by atoms with van der Waals surface area (Å²) in [5, 5.41) is 11.0.